The van der Waals surface area contributed by atoms with Crippen LogP contribution in [0.15, 0.2) is 41.1 Å². The maximum absolute atomic E-state index is 10.3. The van der Waals surface area contributed by atoms with Crippen molar-refractivity contribution in [2.24, 2.45) is 0 Å². The molecule has 3 nitrogen and oxygen atoms in total. The number of benzene rings is 1. The van der Waals surface area contributed by atoms with Crippen molar-refractivity contribution < 1.29 is 9.84 Å². The number of nitrogens with zero attached hydrogens (tertiary/aromatic N) is 1. The van der Waals surface area contributed by atoms with E-state index in [4.69, 9.17) is 4.74 Å². The summed E-state index contributed by atoms with van der Waals surface area (Å²) in [5, 5.41) is 10.3. The summed E-state index contributed by atoms with van der Waals surface area (Å²) < 4.78 is 6.32. The average Bonchev–Trinajstić information content (AvgIpc) is 2.85. The van der Waals surface area contributed by atoms with E-state index in [2.05, 4.69) is 20.9 Å². The van der Waals surface area contributed by atoms with E-state index in [9.17, 15) is 5.11 Å². The van der Waals surface area contributed by atoms with E-state index in [1.807, 2.05) is 24.3 Å². The van der Waals surface area contributed by atoms with Crippen molar-refractivity contribution in [3.63, 3.8) is 0 Å². The van der Waals surface area contributed by atoms with Gasteiger partial charge in [-0.05, 0) is 44.3 Å². The zero-order valence-corrected chi connectivity index (χ0v) is 11.9. The lowest BCUT2D eigenvalue weighted by atomic mass is 9.99. The first kappa shape index (κ1) is 12.8. The molecule has 2 aromatic rings. The van der Waals surface area contributed by atoms with Crippen LogP contribution in [-0.2, 0) is 24.4 Å². The molecule has 0 aliphatic carbocycles. The minimum Gasteiger partial charge on any atom is -0.388 e. The van der Waals surface area contributed by atoms with E-state index in [1.165, 1.54) is 11.1 Å². The van der Waals surface area contributed by atoms with Crippen LogP contribution >= 0.6 is 15.9 Å². The second kappa shape index (κ2) is 5.41. The molecule has 0 amide bonds. The van der Waals surface area contributed by atoms with Crippen molar-refractivity contribution in [3.8, 4) is 0 Å². The van der Waals surface area contributed by atoms with Gasteiger partial charge in [0.2, 0.25) is 0 Å². The lowest BCUT2D eigenvalue weighted by Gasteiger charge is -2.12. The molecule has 19 heavy (non-hydrogen) atoms. The number of rotatable bonds is 3. The number of hydrogen-bond acceptors (Lipinski definition) is 3. The highest BCUT2D eigenvalue weighted by atomic mass is 79.9. The van der Waals surface area contributed by atoms with E-state index in [0.29, 0.717) is 19.6 Å². The molecule has 1 aromatic carbocycles. The van der Waals surface area contributed by atoms with Gasteiger partial charge in [0.05, 0.1) is 19.3 Å². The number of hydrogen-bond donors (Lipinski definition) is 1. The Kier molecular flexibility index (Phi) is 3.64. The molecular formula is C15H14BrNO2. The molecule has 0 saturated heterocycles. The molecule has 2 heterocycles. The molecule has 1 aliphatic rings. The fourth-order valence-electron chi connectivity index (χ4n) is 2.31. The van der Waals surface area contributed by atoms with Crippen molar-refractivity contribution in [3.05, 3.63) is 63.4 Å². The Morgan fingerprint density at radius 1 is 1.21 bits per heavy atom. The number of pyridine rings is 1. The molecule has 1 atom stereocenters. The monoisotopic (exact) mass is 319 g/mol. The lowest BCUT2D eigenvalue weighted by Crippen LogP contribution is -2.03. The Morgan fingerprint density at radius 2 is 2.05 bits per heavy atom. The van der Waals surface area contributed by atoms with Gasteiger partial charge in [-0.25, -0.2) is 0 Å². The maximum Gasteiger partial charge on any atom is 0.0831 e. The van der Waals surface area contributed by atoms with Crippen LogP contribution in [0, 0.1) is 0 Å². The van der Waals surface area contributed by atoms with E-state index in [0.717, 1.165) is 15.6 Å². The summed E-state index contributed by atoms with van der Waals surface area (Å²) in [6.45, 7) is 1.33. The Morgan fingerprint density at radius 3 is 2.89 bits per heavy atom. The summed E-state index contributed by atoms with van der Waals surface area (Å²) in [4.78, 5) is 4.11. The van der Waals surface area contributed by atoms with Gasteiger partial charge in [-0.2, -0.15) is 0 Å². The van der Waals surface area contributed by atoms with Gasteiger partial charge < -0.3 is 9.84 Å². The predicted octanol–water partition coefficient (Wildman–Crippen LogP) is 3.15. The molecule has 0 radical (unpaired) electrons. The standard InChI is InChI=1S/C15H14BrNO2/c16-14-3-10(6-17-7-14)4-15(18)11-1-2-12-8-19-9-13(12)5-11/h1-3,5-7,15,18H,4,8-9H2. The van der Waals surface area contributed by atoms with Gasteiger partial charge in [0, 0.05) is 23.3 Å². The largest absolute Gasteiger partial charge is 0.388 e. The molecule has 1 unspecified atom stereocenters. The molecule has 98 valence electrons. The van der Waals surface area contributed by atoms with Crippen LogP contribution in [0.1, 0.15) is 28.4 Å². The molecular weight excluding hydrogens is 306 g/mol. The maximum atomic E-state index is 10.3. The van der Waals surface area contributed by atoms with E-state index < -0.39 is 6.10 Å². The topological polar surface area (TPSA) is 42.4 Å². The van der Waals surface area contributed by atoms with Crippen molar-refractivity contribution in [1.82, 2.24) is 4.98 Å². The summed E-state index contributed by atoms with van der Waals surface area (Å²) in [5.74, 6) is 0. The number of aliphatic hydroxyl groups is 1. The molecule has 3 rings (SSSR count). The van der Waals surface area contributed by atoms with E-state index in [1.54, 1.807) is 12.4 Å². The van der Waals surface area contributed by atoms with Crippen LogP contribution in [0.3, 0.4) is 0 Å². The number of halogens is 1. The van der Waals surface area contributed by atoms with Crippen molar-refractivity contribution >= 4 is 15.9 Å². The zero-order chi connectivity index (χ0) is 13.2. The molecule has 1 aliphatic heterocycles. The highest BCUT2D eigenvalue weighted by Gasteiger charge is 2.15. The van der Waals surface area contributed by atoms with E-state index >= 15 is 0 Å². The van der Waals surface area contributed by atoms with Gasteiger partial charge in [-0.3, -0.25) is 4.98 Å². The first-order valence-corrected chi connectivity index (χ1v) is 6.98. The molecule has 4 heteroatoms. The summed E-state index contributed by atoms with van der Waals surface area (Å²) in [5.41, 5.74) is 4.35. The second-order valence-electron chi connectivity index (χ2n) is 4.75. The Hall–Kier alpha value is -1.23. The predicted molar refractivity (Wildman–Crippen MR) is 75.5 cm³/mol. The van der Waals surface area contributed by atoms with Crippen molar-refractivity contribution in [1.29, 1.82) is 0 Å². The molecule has 0 saturated carbocycles. The van der Waals surface area contributed by atoms with Gasteiger partial charge in [-0.15, -0.1) is 0 Å². The number of ether oxygens (including phenoxy) is 1. The van der Waals surface area contributed by atoms with Gasteiger partial charge in [0.1, 0.15) is 0 Å². The second-order valence-corrected chi connectivity index (χ2v) is 5.67. The Balaban J connectivity index is 1.78. The molecule has 1 aromatic heterocycles. The van der Waals surface area contributed by atoms with Crippen LogP contribution in [0.2, 0.25) is 0 Å². The first-order chi connectivity index (χ1) is 9.22. The number of aromatic nitrogens is 1. The Labute approximate surface area is 120 Å². The highest BCUT2D eigenvalue weighted by Crippen LogP contribution is 2.26. The Bertz CT molecular complexity index is 600. The van der Waals surface area contributed by atoms with Crippen LogP contribution in [0.5, 0.6) is 0 Å². The number of aliphatic hydroxyl groups excluding tert-OH is 1. The third-order valence-electron chi connectivity index (χ3n) is 3.32. The summed E-state index contributed by atoms with van der Waals surface area (Å²) >= 11 is 3.39. The smallest absolute Gasteiger partial charge is 0.0831 e. The normalized spacial score (nSPS) is 15.3. The fourth-order valence-corrected chi connectivity index (χ4v) is 2.72. The average molecular weight is 320 g/mol. The van der Waals surface area contributed by atoms with Gasteiger partial charge >= 0.3 is 0 Å². The van der Waals surface area contributed by atoms with Gasteiger partial charge in [0.15, 0.2) is 0 Å². The lowest BCUT2D eigenvalue weighted by molar-refractivity contribution is 0.134. The molecule has 0 spiro atoms. The summed E-state index contributed by atoms with van der Waals surface area (Å²) in [6, 6.07) is 8.04. The molecule has 0 bridgehead atoms. The van der Waals surface area contributed by atoms with E-state index in [-0.39, 0.29) is 0 Å². The SMILES string of the molecule is OC(Cc1cncc(Br)c1)c1ccc2c(c1)COC2. The fraction of sp³-hybridized carbons (Fsp3) is 0.267. The van der Waals surface area contributed by atoms with Crippen LogP contribution in [-0.4, -0.2) is 10.1 Å². The zero-order valence-electron chi connectivity index (χ0n) is 10.3. The third-order valence-corrected chi connectivity index (χ3v) is 3.75. The quantitative estimate of drug-likeness (QED) is 0.945. The van der Waals surface area contributed by atoms with Crippen molar-refractivity contribution in [2.75, 3.05) is 0 Å². The van der Waals surface area contributed by atoms with Gasteiger partial charge in [-0.1, -0.05) is 18.2 Å². The van der Waals surface area contributed by atoms with Crippen LogP contribution < -0.4 is 0 Å². The first-order valence-electron chi connectivity index (χ1n) is 6.19. The van der Waals surface area contributed by atoms with Crippen LogP contribution in [0.25, 0.3) is 0 Å². The number of fused-ring (bicyclic) bond motifs is 1. The summed E-state index contributed by atoms with van der Waals surface area (Å²) in [6.07, 6.45) is 3.57. The highest BCUT2D eigenvalue weighted by molar-refractivity contribution is 9.10. The molecule has 1 N–H and O–H groups in total. The minimum absolute atomic E-state index is 0.512. The van der Waals surface area contributed by atoms with Gasteiger partial charge in [0.25, 0.3) is 0 Å². The minimum atomic E-state index is -0.512. The molecule has 0 fully saturated rings. The summed E-state index contributed by atoms with van der Waals surface area (Å²) in [7, 11) is 0. The third kappa shape index (κ3) is 2.86. The van der Waals surface area contributed by atoms with Crippen molar-refractivity contribution in [2.45, 2.75) is 25.7 Å². The van der Waals surface area contributed by atoms with Crippen LogP contribution in [0.4, 0.5) is 0 Å².